The summed E-state index contributed by atoms with van der Waals surface area (Å²) in [4.78, 5) is 12.0. The van der Waals surface area contributed by atoms with Crippen molar-refractivity contribution in [1.82, 2.24) is 0 Å². The van der Waals surface area contributed by atoms with Crippen LogP contribution in [0.2, 0.25) is 5.02 Å². The third-order valence-corrected chi connectivity index (χ3v) is 2.55. The third kappa shape index (κ3) is 2.24. The molecule has 0 bridgehead atoms. The van der Waals surface area contributed by atoms with Crippen molar-refractivity contribution in [3.63, 3.8) is 0 Å². The van der Waals surface area contributed by atoms with E-state index in [1.807, 2.05) is 0 Å². The van der Waals surface area contributed by atoms with Crippen LogP contribution in [-0.4, -0.2) is 16.0 Å². The summed E-state index contributed by atoms with van der Waals surface area (Å²) in [5.74, 6) is -1.25. The third-order valence-electron chi connectivity index (χ3n) is 2.34. The van der Waals surface area contributed by atoms with Gasteiger partial charge < -0.3 is 10.2 Å². The Morgan fingerprint density at radius 1 is 1.06 bits per heavy atom. The Kier molecular flexibility index (Phi) is 3.02. The van der Waals surface area contributed by atoms with E-state index in [4.69, 9.17) is 11.6 Å². The molecule has 0 atom stereocenters. The standard InChI is InChI=1S/C13H9ClO3/c14-9-6-10(13(17)11(15)7-9)12(16)8-4-2-1-3-5-8/h1-7,15,17H. The van der Waals surface area contributed by atoms with E-state index >= 15 is 0 Å². The van der Waals surface area contributed by atoms with Gasteiger partial charge in [-0.1, -0.05) is 41.9 Å². The van der Waals surface area contributed by atoms with Crippen molar-refractivity contribution in [2.24, 2.45) is 0 Å². The maximum Gasteiger partial charge on any atom is 0.196 e. The van der Waals surface area contributed by atoms with E-state index in [1.165, 1.54) is 12.1 Å². The van der Waals surface area contributed by atoms with Gasteiger partial charge >= 0.3 is 0 Å². The lowest BCUT2D eigenvalue weighted by atomic mass is 10.0. The molecule has 0 fully saturated rings. The SMILES string of the molecule is O=C(c1ccccc1)c1cc(Cl)cc(O)c1O. The fraction of sp³-hybridized carbons (Fsp3) is 0. The normalized spacial score (nSPS) is 10.2. The van der Waals surface area contributed by atoms with E-state index in [0.717, 1.165) is 0 Å². The second-order valence-corrected chi connectivity index (χ2v) is 3.95. The lowest BCUT2D eigenvalue weighted by Crippen LogP contribution is -2.01. The zero-order valence-electron chi connectivity index (χ0n) is 8.72. The van der Waals surface area contributed by atoms with Crippen molar-refractivity contribution in [3.8, 4) is 11.5 Å². The summed E-state index contributed by atoms with van der Waals surface area (Å²) in [6.07, 6.45) is 0. The molecule has 0 unspecified atom stereocenters. The maximum atomic E-state index is 12.0. The summed E-state index contributed by atoms with van der Waals surface area (Å²) in [5.41, 5.74) is 0.408. The Bertz CT molecular complexity index is 564. The van der Waals surface area contributed by atoms with Gasteiger partial charge in [0, 0.05) is 16.7 Å². The van der Waals surface area contributed by atoms with E-state index < -0.39 is 11.5 Å². The number of phenolic OH excluding ortho intramolecular Hbond substituents is 2. The predicted octanol–water partition coefficient (Wildman–Crippen LogP) is 2.98. The summed E-state index contributed by atoms with van der Waals surface area (Å²) in [7, 11) is 0. The zero-order chi connectivity index (χ0) is 12.4. The van der Waals surface area contributed by atoms with Gasteiger partial charge in [-0.3, -0.25) is 4.79 Å². The second kappa shape index (κ2) is 4.47. The van der Waals surface area contributed by atoms with Crippen LogP contribution in [0.5, 0.6) is 11.5 Å². The monoisotopic (exact) mass is 248 g/mol. The van der Waals surface area contributed by atoms with Gasteiger partial charge in [0.2, 0.25) is 0 Å². The number of hydrogen-bond acceptors (Lipinski definition) is 3. The Balaban J connectivity index is 2.52. The first-order valence-electron chi connectivity index (χ1n) is 4.91. The number of aromatic hydroxyl groups is 2. The van der Waals surface area contributed by atoms with Crippen LogP contribution in [0.1, 0.15) is 15.9 Å². The molecule has 0 spiro atoms. The number of benzene rings is 2. The average Bonchev–Trinajstić information content (AvgIpc) is 2.34. The van der Waals surface area contributed by atoms with Gasteiger partial charge in [-0.15, -0.1) is 0 Å². The molecule has 0 aliphatic rings. The predicted molar refractivity (Wildman–Crippen MR) is 64.7 cm³/mol. The van der Waals surface area contributed by atoms with Gasteiger partial charge in [0.15, 0.2) is 17.3 Å². The topological polar surface area (TPSA) is 57.5 Å². The molecule has 2 aromatic carbocycles. The Morgan fingerprint density at radius 3 is 2.35 bits per heavy atom. The second-order valence-electron chi connectivity index (χ2n) is 3.52. The summed E-state index contributed by atoms with van der Waals surface area (Å²) in [6.45, 7) is 0. The van der Waals surface area contributed by atoms with E-state index in [2.05, 4.69) is 0 Å². The molecule has 3 nitrogen and oxygen atoms in total. The molecule has 0 saturated carbocycles. The quantitative estimate of drug-likeness (QED) is 0.635. The largest absolute Gasteiger partial charge is 0.504 e. The number of ketones is 1. The highest BCUT2D eigenvalue weighted by Crippen LogP contribution is 2.33. The molecule has 17 heavy (non-hydrogen) atoms. The smallest absolute Gasteiger partial charge is 0.196 e. The van der Waals surface area contributed by atoms with E-state index in [1.54, 1.807) is 30.3 Å². The van der Waals surface area contributed by atoms with Gasteiger partial charge in [-0.25, -0.2) is 0 Å². The summed E-state index contributed by atoms with van der Waals surface area (Å²) < 4.78 is 0. The highest BCUT2D eigenvalue weighted by atomic mass is 35.5. The molecule has 2 N–H and O–H groups in total. The van der Waals surface area contributed by atoms with Crippen LogP contribution >= 0.6 is 11.6 Å². The summed E-state index contributed by atoms with van der Waals surface area (Å²) >= 11 is 5.73. The van der Waals surface area contributed by atoms with Crippen LogP contribution < -0.4 is 0 Å². The van der Waals surface area contributed by atoms with E-state index in [0.29, 0.717) is 5.56 Å². The molecule has 0 saturated heterocycles. The van der Waals surface area contributed by atoms with Gasteiger partial charge in [0.1, 0.15) is 0 Å². The van der Waals surface area contributed by atoms with Crippen LogP contribution in [0.25, 0.3) is 0 Å². The molecular weight excluding hydrogens is 240 g/mol. The first kappa shape index (κ1) is 11.5. The molecule has 0 radical (unpaired) electrons. The maximum absolute atomic E-state index is 12.0. The lowest BCUT2D eigenvalue weighted by molar-refractivity contribution is 0.103. The van der Waals surface area contributed by atoms with Gasteiger partial charge in [0.05, 0.1) is 5.56 Å². The molecule has 2 rings (SSSR count). The fourth-order valence-corrected chi connectivity index (χ4v) is 1.72. The number of carbonyl (C=O) groups excluding carboxylic acids is 1. The van der Waals surface area contributed by atoms with Crippen molar-refractivity contribution in [2.75, 3.05) is 0 Å². The summed E-state index contributed by atoms with van der Waals surface area (Å²) in [6, 6.07) is 11.0. The minimum absolute atomic E-state index is 0.0128. The number of hydrogen-bond donors (Lipinski definition) is 2. The van der Waals surface area contributed by atoms with Crippen LogP contribution in [0, 0.1) is 0 Å². The molecular formula is C13H9ClO3. The molecule has 86 valence electrons. The van der Waals surface area contributed by atoms with Gasteiger partial charge in [-0.05, 0) is 6.07 Å². The highest BCUT2D eigenvalue weighted by molar-refractivity contribution is 6.31. The van der Waals surface area contributed by atoms with Crippen molar-refractivity contribution in [3.05, 3.63) is 58.6 Å². The molecule has 4 heteroatoms. The molecule has 0 aromatic heterocycles. The zero-order valence-corrected chi connectivity index (χ0v) is 9.48. The van der Waals surface area contributed by atoms with Crippen molar-refractivity contribution in [2.45, 2.75) is 0 Å². The van der Waals surface area contributed by atoms with Crippen LogP contribution in [-0.2, 0) is 0 Å². The van der Waals surface area contributed by atoms with Crippen molar-refractivity contribution in [1.29, 1.82) is 0 Å². The van der Waals surface area contributed by atoms with Gasteiger partial charge in [-0.2, -0.15) is 0 Å². The van der Waals surface area contributed by atoms with Crippen LogP contribution in [0.3, 0.4) is 0 Å². The summed E-state index contributed by atoms with van der Waals surface area (Å²) in [5, 5.41) is 19.2. The number of halogens is 1. The first-order valence-corrected chi connectivity index (χ1v) is 5.28. The molecule has 2 aromatic rings. The van der Waals surface area contributed by atoms with E-state index in [9.17, 15) is 15.0 Å². The van der Waals surface area contributed by atoms with Crippen molar-refractivity contribution < 1.29 is 15.0 Å². The number of phenols is 2. The average molecular weight is 249 g/mol. The van der Waals surface area contributed by atoms with Gasteiger partial charge in [0.25, 0.3) is 0 Å². The molecule has 0 aliphatic heterocycles. The molecule has 0 amide bonds. The number of carbonyl (C=O) groups is 1. The Hall–Kier alpha value is -2.00. The molecule has 0 aliphatic carbocycles. The van der Waals surface area contributed by atoms with Crippen molar-refractivity contribution >= 4 is 17.4 Å². The highest BCUT2D eigenvalue weighted by Gasteiger charge is 2.17. The van der Waals surface area contributed by atoms with Crippen LogP contribution in [0.15, 0.2) is 42.5 Å². The minimum atomic E-state index is -0.455. The minimum Gasteiger partial charge on any atom is -0.504 e. The Morgan fingerprint density at radius 2 is 1.71 bits per heavy atom. The molecule has 0 heterocycles. The fourth-order valence-electron chi connectivity index (χ4n) is 1.50. The van der Waals surface area contributed by atoms with E-state index in [-0.39, 0.29) is 16.4 Å². The Labute approximate surface area is 103 Å². The number of rotatable bonds is 2. The lowest BCUT2D eigenvalue weighted by Gasteiger charge is -2.06. The van der Waals surface area contributed by atoms with Crippen LogP contribution in [0.4, 0.5) is 0 Å². The first-order chi connectivity index (χ1) is 8.09.